The normalized spacial score (nSPS) is 21.8. The van der Waals surface area contributed by atoms with Crippen LogP contribution in [0.4, 0.5) is 10.1 Å². The summed E-state index contributed by atoms with van der Waals surface area (Å²) in [6, 6.07) is 4.00. The molecule has 2 atom stereocenters. The summed E-state index contributed by atoms with van der Waals surface area (Å²) in [5, 5.41) is 9.15. The Morgan fingerprint density at radius 2 is 2.38 bits per heavy atom. The molecule has 0 saturated heterocycles. The van der Waals surface area contributed by atoms with Crippen molar-refractivity contribution in [3.05, 3.63) is 40.7 Å². The molecule has 0 radical (unpaired) electrons. The molecule has 1 unspecified atom stereocenters. The van der Waals surface area contributed by atoms with Gasteiger partial charge in [0.25, 0.3) is 0 Å². The number of aliphatic carboxylic acids is 1. The average molecular weight is 332 g/mol. The van der Waals surface area contributed by atoms with Gasteiger partial charge in [0.2, 0.25) is 0 Å². The summed E-state index contributed by atoms with van der Waals surface area (Å²) in [6.07, 6.45) is 2.07. The molecule has 1 aliphatic heterocycles. The van der Waals surface area contributed by atoms with E-state index in [2.05, 4.69) is 4.72 Å². The van der Waals surface area contributed by atoms with Crippen LogP contribution in [-0.4, -0.2) is 29.0 Å². The number of carbonyl (C=O) groups is 1. The largest absolute Gasteiger partial charge is 0.478 e. The third-order valence-corrected chi connectivity index (χ3v) is 4.60. The van der Waals surface area contributed by atoms with E-state index in [1.54, 1.807) is 6.08 Å². The Hall–Kier alpha value is -1.24. The Bertz CT molecular complexity index is 567. The lowest BCUT2D eigenvalue weighted by Gasteiger charge is -2.30. The van der Waals surface area contributed by atoms with E-state index in [9.17, 15) is 14.3 Å². The first kappa shape index (κ1) is 16.1. The predicted molar refractivity (Wildman–Crippen MR) is 82.2 cm³/mol. The van der Waals surface area contributed by atoms with E-state index in [0.717, 1.165) is 0 Å². The lowest BCUT2D eigenvalue weighted by Crippen LogP contribution is -2.35. The fourth-order valence-electron chi connectivity index (χ4n) is 2.04. The molecule has 0 aromatic heterocycles. The number of hydrogen-bond acceptors (Lipinski definition) is 4. The third-order valence-electron chi connectivity index (χ3n) is 3.13. The van der Waals surface area contributed by atoms with Crippen molar-refractivity contribution in [3.63, 3.8) is 0 Å². The molecule has 1 aromatic rings. The summed E-state index contributed by atoms with van der Waals surface area (Å²) in [7, 11) is 0. The highest BCUT2D eigenvalue weighted by Gasteiger charge is 2.32. The van der Waals surface area contributed by atoms with Crippen LogP contribution in [0.15, 0.2) is 29.8 Å². The van der Waals surface area contributed by atoms with Crippen molar-refractivity contribution < 1.29 is 19.0 Å². The molecule has 114 valence electrons. The number of rotatable bonds is 5. The SMILES string of the molecule is CCC1OCC=C(C(=O)O)[C@@H]1SNc1ccc(F)cc1Cl. The van der Waals surface area contributed by atoms with E-state index in [-0.39, 0.29) is 16.4 Å². The van der Waals surface area contributed by atoms with Crippen molar-refractivity contribution in [2.75, 3.05) is 11.3 Å². The Labute approximate surface area is 131 Å². The molecule has 0 saturated carbocycles. The lowest BCUT2D eigenvalue weighted by molar-refractivity contribution is -0.133. The summed E-state index contributed by atoms with van der Waals surface area (Å²) in [5.74, 6) is -1.38. The van der Waals surface area contributed by atoms with Gasteiger partial charge < -0.3 is 14.6 Å². The van der Waals surface area contributed by atoms with Crippen molar-refractivity contribution in [2.45, 2.75) is 24.7 Å². The topological polar surface area (TPSA) is 58.6 Å². The van der Waals surface area contributed by atoms with Gasteiger partial charge in [0.05, 0.1) is 34.2 Å². The van der Waals surface area contributed by atoms with Crippen molar-refractivity contribution in [1.82, 2.24) is 0 Å². The molecular formula is C14H15ClFNO3S. The third kappa shape index (κ3) is 3.90. The van der Waals surface area contributed by atoms with Gasteiger partial charge in [-0.1, -0.05) is 18.5 Å². The number of carboxylic acids is 1. The maximum absolute atomic E-state index is 13.0. The zero-order valence-corrected chi connectivity index (χ0v) is 12.9. The quantitative estimate of drug-likeness (QED) is 0.805. The van der Waals surface area contributed by atoms with Crippen LogP contribution in [0.25, 0.3) is 0 Å². The van der Waals surface area contributed by atoms with Crippen LogP contribution < -0.4 is 4.72 Å². The van der Waals surface area contributed by atoms with Gasteiger partial charge in [0, 0.05) is 0 Å². The molecule has 1 aromatic carbocycles. The molecule has 2 N–H and O–H groups in total. The molecule has 0 amide bonds. The van der Waals surface area contributed by atoms with Crippen molar-refractivity contribution in [2.24, 2.45) is 0 Å². The maximum Gasteiger partial charge on any atom is 0.332 e. The first-order valence-corrected chi connectivity index (χ1v) is 7.70. The Morgan fingerprint density at radius 3 is 3.00 bits per heavy atom. The first-order chi connectivity index (χ1) is 10.0. The standard InChI is InChI=1S/C14H15ClFNO3S/c1-2-12-13(9(14(18)19)5-6-20-12)21-17-11-4-3-8(16)7-10(11)15/h3-5,7,12-13,17H,2,6H2,1H3,(H,18,19)/t12?,13-/m0/s1. The molecule has 4 nitrogen and oxygen atoms in total. The van der Waals surface area contributed by atoms with E-state index in [0.29, 0.717) is 24.3 Å². The molecule has 1 heterocycles. The van der Waals surface area contributed by atoms with E-state index >= 15 is 0 Å². The number of ether oxygens (including phenoxy) is 1. The maximum atomic E-state index is 13.0. The van der Waals surface area contributed by atoms with Gasteiger partial charge in [-0.25, -0.2) is 9.18 Å². The first-order valence-electron chi connectivity index (χ1n) is 6.44. The predicted octanol–water partition coefficient (Wildman–Crippen LogP) is 3.73. The summed E-state index contributed by atoms with van der Waals surface area (Å²) >= 11 is 7.15. The fraction of sp³-hybridized carbons (Fsp3) is 0.357. The van der Waals surface area contributed by atoms with Crippen LogP contribution in [0.2, 0.25) is 5.02 Å². The smallest absolute Gasteiger partial charge is 0.332 e. The number of hydrogen-bond donors (Lipinski definition) is 2. The molecule has 0 aliphatic carbocycles. The number of benzene rings is 1. The summed E-state index contributed by atoms with van der Waals surface area (Å²) in [4.78, 5) is 11.3. The van der Waals surface area contributed by atoms with Crippen LogP contribution in [0.1, 0.15) is 13.3 Å². The summed E-state index contributed by atoms with van der Waals surface area (Å²) in [6.45, 7) is 2.24. The minimum atomic E-state index is -0.957. The molecule has 2 rings (SSSR count). The second kappa shape index (κ2) is 7.15. The highest BCUT2D eigenvalue weighted by atomic mass is 35.5. The van der Waals surface area contributed by atoms with E-state index < -0.39 is 11.8 Å². The monoisotopic (exact) mass is 331 g/mol. The Morgan fingerprint density at radius 1 is 1.62 bits per heavy atom. The minimum absolute atomic E-state index is 0.196. The molecular weight excluding hydrogens is 317 g/mol. The van der Waals surface area contributed by atoms with Crippen molar-refractivity contribution >= 4 is 35.2 Å². The number of halogens is 2. The van der Waals surface area contributed by atoms with Gasteiger partial charge in [0.1, 0.15) is 5.82 Å². The van der Waals surface area contributed by atoms with Crippen LogP contribution in [0, 0.1) is 5.82 Å². The van der Waals surface area contributed by atoms with E-state index in [1.807, 2.05) is 6.92 Å². The summed E-state index contributed by atoms with van der Waals surface area (Å²) in [5.41, 5.74) is 0.845. The van der Waals surface area contributed by atoms with Crippen molar-refractivity contribution in [1.29, 1.82) is 0 Å². The molecule has 1 aliphatic rings. The zero-order valence-electron chi connectivity index (χ0n) is 11.3. The molecule has 0 fully saturated rings. The van der Waals surface area contributed by atoms with Gasteiger partial charge in [-0.15, -0.1) is 0 Å². The summed E-state index contributed by atoms with van der Waals surface area (Å²) < 4.78 is 21.6. The highest BCUT2D eigenvalue weighted by molar-refractivity contribution is 8.01. The van der Waals surface area contributed by atoms with Crippen LogP contribution in [0.3, 0.4) is 0 Å². The Kier molecular flexibility index (Phi) is 5.50. The molecule has 7 heteroatoms. The Balaban J connectivity index is 2.13. The van der Waals surface area contributed by atoms with Gasteiger partial charge in [-0.05, 0) is 42.6 Å². The van der Waals surface area contributed by atoms with Crippen LogP contribution in [-0.2, 0) is 9.53 Å². The molecule has 0 bridgehead atoms. The average Bonchev–Trinajstić information content (AvgIpc) is 2.45. The zero-order chi connectivity index (χ0) is 15.4. The molecule has 21 heavy (non-hydrogen) atoms. The highest BCUT2D eigenvalue weighted by Crippen LogP contribution is 2.33. The van der Waals surface area contributed by atoms with E-state index in [4.69, 9.17) is 16.3 Å². The number of anilines is 1. The fourth-order valence-corrected chi connectivity index (χ4v) is 3.49. The van der Waals surface area contributed by atoms with Gasteiger partial charge in [-0.2, -0.15) is 0 Å². The van der Waals surface area contributed by atoms with E-state index in [1.165, 1.54) is 30.1 Å². The number of nitrogens with one attached hydrogen (secondary N) is 1. The molecule has 0 spiro atoms. The lowest BCUT2D eigenvalue weighted by atomic mass is 10.0. The van der Waals surface area contributed by atoms with Crippen molar-refractivity contribution in [3.8, 4) is 0 Å². The second-order valence-electron chi connectivity index (χ2n) is 4.51. The van der Waals surface area contributed by atoms with Gasteiger partial charge in [-0.3, -0.25) is 0 Å². The van der Waals surface area contributed by atoms with Crippen LogP contribution in [0.5, 0.6) is 0 Å². The van der Waals surface area contributed by atoms with Crippen LogP contribution >= 0.6 is 23.5 Å². The minimum Gasteiger partial charge on any atom is -0.478 e. The van der Waals surface area contributed by atoms with Gasteiger partial charge in [0.15, 0.2) is 0 Å². The second-order valence-corrected chi connectivity index (χ2v) is 5.86. The number of carboxylic acid groups (broad SMARTS) is 1. The van der Waals surface area contributed by atoms with Gasteiger partial charge >= 0.3 is 5.97 Å².